The zero-order valence-electron chi connectivity index (χ0n) is 14.6. The zero-order chi connectivity index (χ0) is 16.2. The molecule has 1 atom stereocenters. The summed E-state index contributed by atoms with van der Waals surface area (Å²) in [5, 5.41) is 3.18. The second-order valence-electron chi connectivity index (χ2n) is 6.05. The Labute approximate surface area is 161 Å². The topological polar surface area (TPSA) is 45.2 Å². The molecule has 0 bridgehead atoms. The van der Waals surface area contributed by atoms with Gasteiger partial charge >= 0.3 is 0 Å². The van der Waals surface area contributed by atoms with Crippen molar-refractivity contribution in [1.29, 1.82) is 0 Å². The van der Waals surface area contributed by atoms with Crippen LogP contribution in [0.2, 0.25) is 0 Å². The number of nitrogens with zero attached hydrogens (tertiary/aromatic N) is 2. The van der Waals surface area contributed by atoms with Crippen LogP contribution in [0, 0.1) is 6.92 Å². The van der Waals surface area contributed by atoms with Gasteiger partial charge in [0, 0.05) is 24.7 Å². The number of hydrogen-bond acceptors (Lipinski definition) is 3. The molecule has 1 fully saturated rings. The van der Waals surface area contributed by atoms with Crippen molar-refractivity contribution in [1.82, 2.24) is 15.2 Å². The molecule has 136 valence electrons. The fourth-order valence-electron chi connectivity index (χ4n) is 3.26. The number of aryl methyl sites for hydroxylation is 1. The molecule has 1 saturated heterocycles. The SMILES string of the molecule is CNCC1CCCN1C(=O)c1ccc(-c2ccccc2)nc1C.Cl.Cl. The van der Waals surface area contributed by atoms with Gasteiger partial charge in [-0.3, -0.25) is 9.78 Å². The molecule has 1 unspecified atom stereocenters. The monoisotopic (exact) mass is 381 g/mol. The minimum atomic E-state index is 0. The van der Waals surface area contributed by atoms with E-state index in [1.54, 1.807) is 0 Å². The van der Waals surface area contributed by atoms with Crippen molar-refractivity contribution in [2.75, 3.05) is 20.1 Å². The van der Waals surface area contributed by atoms with Crippen molar-refractivity contribution in [2.24, 2.45) is 0 Å². The van der Waals surface area contributed by atoms with E-state index in [1.165, 1.54) is 0 Å². The van der Waals surface area contributed by atoms with Gasteiger partial charge in [0.2, 0.25) is 0 Å². The van der Waals surface area contributed by atoms with Crippen LogP contribution in [0.3, 0.4) is 0 Å². The van der Waals surface area contributed by atoms with Crippen LogP contribution in [0.5, 0.6) is 0 Å². The molecule has 4 nitrogen and oxygen atoms in total. The number of likely N-dealkylation sites (tertiary alicyclic amines) is 1. The first-order valence-corrected chi connectivity index (χ1v) is 8.19. The Hall–Kier alpha value is -1.62. The number of halogens is 2. The van der Waals surface area contributed by atoms with Gasteiger partial charge < -0.3 is 10.2 Å². The molecule has 0 aliphatic carbocycles. The van der Waals surface area contributed by atoms with Gasteiger partial charge in [-0.15, -0.1) is 24.8 Å². The second kappa shape index (κ2) is 9.76. The van der Waals surface area contributed by atoms with Crippen LogP contribution in [-0.4, -0.2) is 42.0 Å². The van der Waals surface area contributed by atoms with Gasteiger partial charge in [-0.05, 0) is 38.9 Å². The third kappa shape index (κ3) is 4.72. The molecule has 3 rings (SSSR count). The van der Waals surface area contributed by atoms with Crippen molar-refractivity contribution < 1.29 is 4.79 Å². The molecule has 2 heterocycles. The lowest BCUT2D eigenvalue weighted by Crippen LogP contribution is -2.41. The largest absolute Gasteiger partial charge is 0.334 e. The quantitative estimate of drug-likeness (QED) is 0.877. The number of likely N-dealkylation sites (N-methyl/N-ethyl adjacent to an activating group) is 1. The average molecular weight is 382 g/mol. The summed E-state index contributed by atoms with van der Waals surface area (Å²) in [4.78, 5) is 19.5. The van der Waals surface area contributed by atoms with E-state index in [0.717, 1.165) is 42.9 Å². The lowest BCUT2D eigenvalue weighted by Gasteiger charge is -2.25. The third-order valence-corrected chi connectivity index (χ3v) is 4.46. The number of rotatable bonds is 4. The molecule has 25 heavy (non-hydrogen) atoms. The van der Waals surface area contributed by atoms with Gasteiger partial charge in [-0.1, -0.05) is 30.3 Å². The predicted molar refractivity (Wildman–Crippen MR) is 107 cm³/mol. The summed E-state index contributed by atoms with van der Waals surface area (Å²) in [7, 11) is 1.93. The number of benzene rings is 1. The molecule has 1 aliphatic rings. The Morgan fingerprint density at radius 1 is 1.20 bits per heavy atom. The molecule has 1 amide bonds. The molecule has 1 N–H and O–H groups in total. The Balaban J connectivity index is 0.00000156. The zero-order valence-corrected chi connectivity index (χ0v) is 16.2. The number of pyridine rings is 1. The minimum absolute atomic E-state index is 0. The van der Waals surface area contributed by atoms with Crippen molar-refractivity contribution in [3.8, 4) is 11.3 Å². The summed E-state index contributed by atoms with van der Waals surface area (Å²) in [6, 6.07) is 14.2. The molecule has 2 aromatic rings. The van der Waals surface area contributed by atoms with E-state index >= 15 is 0 Å². The van der Waals surface area contributed by atoms with E-state index in [1.807, 2.05) is 61.3 Å². The highest BCUT2D eigenvalue weighted by molar-refractivity contribution is 5.96. The van der Waals surface area contributed by atoms with Crippen molar-refractivity contribution >= 4 is 30.7 Å². The Kier molecular flexibility index (Phi) is 8.36. The molecule has 0 spiro atoms. The third-order valence-electron chi connectivity index (χ3n) is 4.46. The number of amides is 1. The van der Waals surface area contributed by atoms with Gasteiger partial charge in [0.25, 0.3) is 5.91 Å². The highest BCUT2D eigenvalue weighted by atomic mass is 35.5. The van der Waals surface area contributed by atoms with Gasteiger partial charge in [0.15, 0.2) is 0 Å². The predicted octanol–water partition coefficient (Wildman–Crippen LogP) is 3.72. The van der Waals surface area contributed by atoms with Crippen LogP contribution in [0.1, 0.15) is 28.9 Å². The van der Waals surface area contributed by atoms with E-state index < -0.39 is 0 Å². The molecule has 0 radical (unpaired) electrons. The Bertz CT molecular complexity index is 694. The van der Waals surface area contributed by atoms with Gasteiger partial charge in [0.05, 0.1) is 17.0 Å². The number of hydrogen-bond donors (Lipinski definition) is 1. The summed E-state index contributed by atoms with van der Waals surface area (Å²) in [6.07, 6.45) is 2.15. The van der Waals surface area contributed by atoms with Gasteiger partial charge in [0.1, 0.15) is 0 Å². The van der Waals surface area contributed by atoms with Crippen LogP contribution in [0.15, 0.2) is 42.5 Å². The maximum Gasteiger partial charge on any atom is 0.255 e. The number of aromatic nitrogens is 1. The normalized spacial score (nSPS) is 16.1. The summed E-state index contributed by atoms with van der Waals surface area (Å²) in [5.41, 5.74) is 3.50. The average Bonchev–Trinajstić information content (AvgIpc) is 3.03. The van der Waals surface area contributed by atoms with E-state index in [4.69, 9.17) is 0 Å². The van der Waals surface area contributed by atoms with Crippen molar-refractivity contribution in [3.05, 3.63) is 53.7 Å². The van der Waals surface area contributed by atoms with Crippen LogP contribution in [0.25, 0.3) is 11.3 Å². The minimum Gasteiger partial charge on any atom is -0.334 e. The van der Waals surface area contributed by atoms with Gasteiger partial charge in [-0.2, -0.15) is 0 Å². The van der Waals surface area contributed by atoms with Crippen molar-refractivity contribution in [2.45, 2.75) is 25.8 Å². The Morgan fingerprint density at radius 2 is 1.92 bits per heavy atom. The Morgan fingerprint density at radius 3 is 2.56 bits per heavy atom. The second-order valence-corrected chi connectivity index (χ2v) is 6.05. The number of carbonyl (C=O) groups excluding carboxylic acids is 1. The van der Waals surface area contributed by atoms with E-state index in [2.05, 4.69) is 10.3 Å². The maximum atomic E-state index is 12.9. The lowest BCUT2D eigenvalue weighted by molar-refractivity contribution is 0.0736. The highest BCUT2D eigenvalue weighted by Gasteiger charge is 2.29. The maximum absolute atomic E-state index is 12.9. The van der Waals surface area contributed by atoms with E-state index in [-0.39, 0.29) is 30.7 Å². The summed E-state index contributed by atoms with van der Waals surface area (Å²) >= 11 is 0. The summed E-state index contributed by atoms with van der Waals surface area (Å²) in [6.45, 7) is 3.61. The van der Waals surface area contributed by atoms with Crippen molar-refractivity contribution in [3.63, 3.8) is 0 Å². The molecular weight excluding hydrogens is 357 g/mol. The first-order chi connectivity index (χ1) is 11.2. The molecular formula is C19H25Cl2N3O. The number of carbonyl (C=O) groups is 1. The molecule has 1 aliphatic heterocycles. The van der Waals surface area contributed by atoms with E-state index in [0.29, 0.717) is 11.6 Å². The lowest BCUT2D eigenvalue weighted by atomic mass is 10.1. The first kappa shape index (κ1) is 21.4. The van der Waals surface area contributed by atoms with E-state index in [9.17, 15) is 4.79 Å². The van der Waals surface area contributed by atoms with Gasteiger partial charge in [-0.25, -0.2) is 0 Å². The standard InChI is InChI=1S/C19H23N3O.2ClH/c1-14-17(19(23)22-12-6-9-16(22)13-20-2)10-11-18(21-14)15-7-4-3-5-8-15;;/h3-5,7-8,10-11,16,20H,6,9,12-13H2,1-2H3;2*1H. The van der Waals surface area contributed by atoms with Crippen LogP contribution >= 0.6 is 24.8 Å². The molecule has 1 aromatic heterocycles. The summed E-state index contributed by atoms with van der Waals surface area (Å²) < 4.78 is 0. The highest BCUT2D eigenvalue weighted by Crippen LogP contribution is 2.23. The fraction of sp³-hybridized carbons (Fsp3) is 0.368. The first-order valence-electron chi connectivity index (χ1n) is 8.19. The van der Waals surface area contributed by atoms with Crippen LogP contribution in [-0.2, 0) is 0 Å². The summed E-state index contributed by atoms with van der Waals surface area (Å²) in [5.74, 6) is 0.104. The smallest absolute Gasteiger partial charge is 0.255 e. The molecule has 0 saturated carbocycles. The van der Waals surface area contributed by atoms with Crippen LogP contribution < -0.4 is 5.32 Å². The number of nitrogens with one attached hydrogen (secondary N) is 1. The molecule has 6 heteroatoms. The molecule has 1 aromatic carbocycles. The van der Waals surface area contributed by atoms with Crippen LogP contribution in [0.4, 0.5) is 0 Å². The fourth-order valence-corrected chi connectivity index (χ4v) is 3.26.